The molecular weight excluding hydrogens is 282 g/mol. The molecule has 1 fully saturated rings. The van der Waals surface area contributed by atoms with Crippen LogP contribution in [-0.2, 0) is 13.0 Å². The first kappa shape index (κ1) is 15.7. The normalized spacial score (nSPS) is 20.3. The predicted octanol–water partition coefficient (Wildman–Crippen LogP) is 2.74. The lowest BCUT2D eigenvalue weighted by molar-refractivity contribution is 0.187. The van der Waals surface area contributed by atoms with E-state index in [1.807, 2.05) is 0 Å². The maximum Gasteiger partial charge on any atom is 0.128 e. The second-order valence-corrected chi connectivity index (χ2v) is 5.66. The molecule has 0 spiro atoms. The van der Waals surface area contributed by atoms with E-state index < -0.39 is 0 Å². The molecule has 0 unspecified atom stereocenters. The Morgan fingerprint density at radius 3 is 2.45 bits per heavy atom. The van der Waals surface area contributed by atoms with Crippen LogP contribution in [0.3, 0.4) is 0 Å². The average Bonchev–Trinajstić information content (AvgIpc) is 2.44. The Labute approximate surface area is 124 Å². The van der Waals surface area contributed by atoms with Gasteiger partial charge in [-0.3, -0.25) is 4.90 Å². The van der Waals surface area contributed by atoms with Gasteiger partial charge in [0.05, 0.1) is 0 Å². The third-order valence-corrected chi connectivity index (χ3v) is 4.35. The highest BCUT2D eigenvalue weighted by molar-refractivity contribution is 5.85. The second-order valence-electron chi connectivity index (χ2n) is 5.66. The molecule has 3 rings (SSSR count). The zero-order valence-electron chi connectivity index (χ0n) is 11.5. The summed E-state index contributed by atoms with van der Waals surface area (Å²) in [7, 11) is 0. The number of hydrogen-bond donors (Lipinski definition) is 1. The highest BCUT2D eigenvalue weighted by atomic mass is 35.5. The van der Waals surface area contributed by atoms with Crippen LogP contribution in [0, 0.1) is 17.6 Å². The molecule has 20 heavy (non-hydrogen) atoms. The van der Waals surface area contributed by atoms with Gasteiger partial charge in [-0.05, 0) is 56.0 Å². The molecule has 2 aliphatic heterocycles. The minimum atomic E-state index is -0.258. The van der Waals surface area contributed by atoms with Crippen LogP contribution in [0.15, 0.2) is 12.1 Å². The van der Waals surface area contributed by atoms with E-state index in [0.717, 1.165) is 26.2 Å². The molecule has 2 heterocycles. The van der Waals surface area contributed by atoms with Crippen LogP contribution < -0.4 is 5.32 Å². The van der Waals surface area contributed by atoms with Gasteiger partial charge in [-0.1, -0.05) is 0 Å². The third kappa shape index (κ3) is 3.30. The van der Waals surface area contributed by atoms with Crippen LogP contribution in [0.2, 0.25) is 0 Å². The third-order valence-electron chi connectivity index (χ3n) is 4.35. The zero-order chi connectivity index (χ0) is 13.2. The number of hydrogen-bond acceptors (Lipinski definition) is 2. The summed E-state index contributed by atoms with van der Waals surface area (Å²) in [6, 6.07) is 2.50. The zero-order valence-corrected chi connectivity index (χ0v) is 12.3. The molecule has 1 aromatic rings. The lowest BCUT2D eigenvalue weighted by Gasteiger charge is -2.33. The van der Waals surface area contributed by atoms with Crippen molar-refractivity contribution < 1.29 is 8.78 Å². The Bertz CT molecular complexity index is 461. The summed E-state index contributed by atoms with van der Waals surface area (Å²) < 4.78 is 27.4. The molecule has 0 radical (unpaired) electrons. The van der Waals surface area contributed by atoms with E-state index in [0.29, 0.717) is 30.0 Å². The highest BCUT2D eigenvalue weighted by Crippen LogP contribution is 2.26. The van der Waals surface area contributed by atoms with Crippen LogP contribution in [0.5, 0.6) is 0 Å². The van der Waals surface area contributed by atoms with Crippen molar-refractivity contribution in [3.05, 3.63) is 34.9 Å². The van der Waals surface area contributed by atoms with Crippen LogP contribution in [-0.4, -0.2) is 31.1 Å². The summed E-state index contributed by atoms with van der Waals surface area (Å²) in [5, 5.41) is 3.36. The van der Waals surface area contributed by atoms with Gasteiger partial charge in [-0.2, -0.15) is 0 Å². The van der Waals surface area contributed by atoms with Gasteiger partial charge in [0.2, 0.25) is 0 Å². The maximum absolute atomic E-state index is 13.8. The molecule has 0 saturated carbocycles. The Morgan fingerprint density at radius 2 is 1.75 bits per heavy atom. The van der Waals surface area contributed by atoms with E-state index in [1.165, 1.54) is 25.0 Å². The van der Waals surface area contributed by atoms with E-state index in [9.17, 15) is 8.78 Å². The summed E-state index contributed by atoms with van der Waals surface area (Å²) in [4.78, 5) is 2.28. The quantitative estimate of drug-likeness (QED) is 0.904. The lowest BCUT2D eigenvalue weighted by Crippen LogP contribution is -2.39. The van der Waals surface area contributed by atoms with Crippen molar-refractivity contribution in [2.24, 2.45) is 5.92 Å². The van der Waals surface area contributed by atoms with Crippen molar-refractivity contribution in [1.82, 2.24) is 10.2 Å². The summed E-state index contributed by atoms with van der Waals surface area (Å²) in [5.74, 6) is 0.184. The van der Waals surface area contributed by atoms with Gasteiger partial charge in [0.15, 0.2) is 0 Å². The Morgan fingerprint density at radius 1 is 1.10 bits per heavy atom. The fourth-order valence-electron chi connectivity index (χ4n) is 3.23. The molecule has 0 atom stereocenters. The number of nitrogens with zero attached hydrogens (tertiary/aromatic N) is 1. The minimum Gasteiger partial charge on any atom is -0.317 e. The smallest absolute Gasteiger partial charge is 0.128 e. The number of rotatable bonds is 2. The Hall–Kier alpha value is -0.710. The maximum atomic E-state index is 13.8. The molecule has 0 amide bonds. The summed E-state index contributed by atoms with van der Waals surface area (Å²) >= 11 is 0. The molecule has 5 heteroatoms. The number of piperidine rings is 1. The van der Waals surface area contributed by atoms with Crippen LogP contribution in [0.25, 0.3) is 0 Å². The number of halogens is 3. The molecule has 1 aromatic carbocycles. The summed E-state index contributed by atoms with van der Waals surface area (Å²) in [6.45, 7) is 4.58. The van der Waals surface area contributed by atoms with Gasteiger partial charge in [0.25, 0.3) is 0 Å². The highest BCUT2D eigenvalue weighted by Gasteiger charge is 2.24. The Balaban J connectivity index is 0.00000147. The molecule has 1 N–H and O–H groups in total. The first-order chi connectivity index (χ1) is 9.24. The van der Waals surface area contributed by atoms with Crippen molar-refractivity contribution in [1.29, 1.82) is 0 Å². The first-order valence-electron chi connectivity index (χ1n) is 7.13. The fraction of sp³-hybridized carbons (Fsp3) is 0.600. The summed E-state index contributed by atoms with van der Waals surface area (Å²) in [5.41, 5.74) is 1.15. The molecule has 0 bridgehead atoms. The number of benzene rings is 1. The van der Waals surface area contributed by atoms with Crippen molar-refractivity contribution in [2.45, 2.75) is 25.8 Å². The Kier molecular flexibility index (Phi) is 5.35. The molecular formula is C15H21ClF2N2. The van der Waals surface area contributed by atoms with E-state index in [4.69, 9.17) is 0 Å². The molecule has 112 valence electrons. The minimum absolute atomic E-state index is 0. The van der Waals surface area contributed by atoms with Crippen molar-refractivity contribution in [3.63, 3.8) is 0 Å². The van der Waals surface area contributed by atoms with E-state index in [-0.39, 0.29) is 24.0 Å². The molecule has 2 nitrogen and oxygen atoms in total. The van der Waals surface area contributed by atoms with Gasteiger partial charge in [0.1, 0.15) is 11.6 Å². The van der Waals surface area contributed by atoms with Gasteiger partial charge in [-0.15, -0.1) is 12.4 Å². The molecule has 1 saturated heterocycles. The van der Waals surface area contributed by atoms with Gasteiger partial charge in [-0.25, -0.2) is 8.78 Å². The standard InChI is InChI=1S/C15H20F2N2.ClH/c16-14-1-2-15(17)13-10-19(8-5-12(13)14)9-11-3-6-18-7-4-11;/h1-2,11,18H,3-10H2;1H. The van der Waals surface area contributed by atoms with E-state index in [2.05, 4.69) is 10.2 Å². The van der Waals surface area contributed by atoms with Gasteiger partial charge >= 0.3 is 0 Å². The largest absolute Gasteiger partial charge is 0.317 e. The van der Waals surface area contributed by atoms with Gasteiger partial charge in [0, 0.05) is 25.2 Å². The van der Waals surface area contributed by atoms with Crippen molar-refractivity contribution in [3.8, 4) is 0 Å². The second kappa shape index (κ2) is 6.83. The van der Waals surface area contributed by atoms with Crippen LogP contribution >= 0.6 is 12.4 Å². The van der Waals surface area contributed by atoms with Crippen molar-refractivity contribution >= 4 is 12.4 Å². The molecule has 2 aliphatic rings. The average molecular weight is 303 g/mol. The van der Waals surface area contributed by atoms with E-state index >= 15 is 0 Å². The van der Waals surface area contributed by atoms with Crippen molar-refractivity contribution in [2.75, 3.05) is 26.2 Å². The SMILES string of the molecule is Cl.Fc1ccc(F)c2c1CCN(CC1CCNCC1)C2. The van der Waals surface area contributed by atoms with Crippen LogP contribution in [0.1, 0.15) is 24.0 Å². The molecule has 0 aromatic heterocycles. The van der Waals surface area contributed by atoms with Crippen LogP contribution in [0.4, 0.5) is 8.78 Å². The number of nitrogens with one attached hydrogen (secondary N) is 1. The predicted molar refractivity (Wildman–Crippen MR) is 78.2 cm³/mol. The fourth-order valence-corrected chi connectivity index (χ4v) is 3.23. The molecule has 0 aliphatic carbocycles. The van der Waals surface area contributed by atoms with Gasteiger partial charge < -0.3 is 5.32 Å². The topological polar surface area (TPSA) is 15.3 Å². The first-order valence-corrected chi connectivity index (χ1v) is 7.13. The lowest BCUT2D eigenvalue weighted by atomic mass is 9.94. The number of fused-ring (bicyclic) bond motifs is 1. The summed E-state index contributed by atoms with van der Waals surface area (Å²) in [6.07, 6.45) is 3.01. The monoisotopic (exact) mass is 302 g/mol. The van der Waals surface area contributed by atoms with E-state index in [1.54, 1.807) is 0 Å².